The average molecular weight is 300 g/mol. The van der Waals surface area contributed by atoms with E-state index in [0.29, 0.717) is 35.6 Å². The molecule has 1 aromatic rings. The number of carbonyl (C=O) groups excluding carboxylic acids is 1. The third kappa shape index (κ3) is 2.58. The molecule has 1 aliphatic heterocycles. The van der Waals surface area contributed by atoms with E-state index < -0.39 is 0 Å². The van der Waals surface area contributed by atoms with Gasteiger partial charge in [-0.05, 0) is 28.9 Å². The van der Waals surface area contributed by atoms with Crippen molar-refractivity contribution in [3.63, 3.8) is 0 Å². The number of rotatable bonds is 1. The highest BCUT2D eigenvalue weighted by molar-refractivity contribution is 9.10. The zero-order valence-corrected chi connectivity index (χ0v) is 11.1. The van der Waals surface area contributed by atoms with Crippen LogP contribution < -0.4 is 5.73 Å². The van der Waals surface area contributed by atoms with Gasteiger partial charge in [0.1, 0.15) is 5.82 Å². The first kappa shape index (κ1) is 12.3. The number of anilines is 1. The number of morpholine rings is 1. The number of halogens is 1. The zero-order valence-electron chi connectivity index (χ0n) is 9.52. The first-order chi connectivity index (χ1) is 8.09. The lowest BCUT2D eigenvalue weighted by Gasteiger charge is -2.33. The van der Waals surface area contributed by atoms with Crippen LogP contribution in [0.3, 0.4) is 0 Å². The molecule has 1 amide bonds. The van der Waals surface area contributed by atoms with Crippen LogP contribution in [0.1, 0.15) is 17.3 Å². The van der Waals surface area contributed by atoms with Crippen LogP contribution in [0.4, 0.5) is 5.82 Å². The van der Waals surface area contributed by atoms with Gasteiger partial charge in [-0.15, -0.1) is 0 Å². The predicted octanol–water partition coefficient (Wildman–Crippen LogP) is 1.29. The van der Waals surface area contributed by atoms with E-state index in [9.17, 15) is 4.79 Å². The molecule has 92 valence electrons. The molecule has 1 saturated heterocycles. The molecule has 1 aromatic heterocycles. The van der Waals surface area contributed by atoms with Gasteiger partial charge in [-0.25, -0.2) is 4.98 Å². The van der Waals surface area contributed by atoms with Crippen LogP contribution in [0.25, 0.3) is 0 Å². The van der Waals surface area contributed by atoms with Gasteiger partial charge in [-0.2, -0.15) is 0 Å². The third-order valence-electron chi connectivity index (χ3n) is 2.74. The largest absolute Gasteiger partial charge is 0.384 e. The van der Waals surface area contributed by atoms with Crippen molar-refractivity contribution in [3.8, 4) is 0 Å². The van der Waals surface area contributed by atoms with E-state index in [1.54, 1.807) is 17.2 Å². The van der Waals surface area contributed by atoms with Gasteiger partial charge in [0.25, 0.3) is 5.91 Å². The second-order valence-corrected chi connectivity index (χ2v) is 4.87. The summed E-state index contributed by atoms with van der Waals surface area (Å²) >= 11 is 3.32. The smallest absolute Gasteiger partial charge is 0.255 e. The molecule has 0 radical (unpaired) electrons. The van der Waals surface area contributed by atoms with Crippen molar-refractivity contribution < 1.29 is 9.53 Å². The van der Waals surface area contributed by atoms with Gasteiger partial charge < -0.3 is 15.4 Å². The molecular formula is C11H14BrN3O2. The SMILES string of the molecule is C[C@@H]1COCCN1C(=O)c1cc(N)ncc1Br. The number of nitrogen functional groups attached to an aromatic ring is 1. The standard InChI is InChI=1S/C11H14BrN3O2/c1-7-6-17-3-2-15(7)11(16)8-4-10(13)14-5-9(8)12/h4-5,7H,2-3,6H2,1H3,(H2,13,14)/t7-/m1/s1. The minimum Gasteiger partial charge on any atom is -0.384 e. The van der Waals surface area contributed by atoms with Gasteiger partial charge in [0, 0.05) is 17.2 Å². The maximum Gasteiger partial charge on any atom is 0.255 e. The summed E-state index contributed by atoms with van der Waals surface area (Å²) < 4.78 is 5.97. The topological polar surface area (TPSA) is 68.5 Å². The summed E-state index contributed by atoms with van der Waals surface area (Å²) in [5.41, 5.74) is 6.15. The van der Waals surface area contributed by atoms with Gasteiger partial charge in [0.15, 0.2) is 0 Å². The Hall–Kier alpha value is -1.14. The van der Waals surface area contributed by atoms with E-state index in [4.69, 9.17) is 10.5 Å². The van der Waals surface area contributed by atoms with E-state index in [0.717, 1.165) is 0 Å². The number of nitrogens with zero attached hydrogens (tertiary/aromatic N) is 2. The molecule has 0 aliphatic carbocycles. The Morgan fingerprint density at radius 1 is 1.71 bits per heavy atom. The fourth-order valence-corrected chi connectivity index (χ4v) is 2.19. The van der Waals surface area contributed by atoms with E-state index in [2.05, 4.69) is 20.9 Å². The van der Waals surface area contributed by atoms with Gasteiger partial charge in [-0.1, -0.05) is 0 Å². The minimum atomic E-state index is -0.0400. The van der Waals surface area contributed by atoms with Crippen LogP contribution in [0, 0.1) is 0 Å². The molecule has 2 heterocycles. The minimum absolute atomic E-state index is 0.0400. The van der Waals surface area contributed by atoms with Crippen LogP contribution >= 0.6 is 15.9 Å². The van der Waals surface area contributed by atoms with Crippen molar-refractivity contribution in [3.05, 3.63) is 22.3 Å². The molecule has 2 N–H and O–H groups in total. The Morgan fingerprint density at radius 2 is 2.47 bits per heavy atom. The van der Waals surface area contributed by atoms with E-state index in [1.807, 2.05) is 6.92 Å². The zero-order chi connectivity index (χ0) is 12.4. The number of ether oxygens (including phenoxy) is 1. The highest BCUT2D eigenvalue weighted by Crippen LogP contribution is 2.21. The number of pyridine rings is 1. The Morgan fingerprint density at radius 3 is 3.18 bits per heavy atom. The second-order valence-electron chi connectivity index (χ2n) is 4.01. The first-order valence-electron chi connectivity index (χ1n) is 5.39. The Bertz CT molecular complexity index is 439. The maximum atomic E-state index is 12.3. The van der Waals surface area contributed by atoms with Gasteiger partial charge in [-0.3, -0.25) is 4.79 Å². The molecule has 2 rings (SSSR count). The summed E-state index contributed by atoms with van der Waals surface area (Å²) in [4.78, 5) is 18.1. The molecule has 1 atom stereocenters. The van der Waals surface area contributed by atoms with Crippen LogP contribution in [-0.4, -0.2) is 41.6 Å². The number of hydrogen-bond donors (Lipinski definition) is 1. The van der Waals surface area contributed by atoms with Crippen molar-refractivity contribution in [2.45, 2.75) is 13.0 Å². The predicted molar refractivity (Wildman–Crippen MR) is 67.7 cm³/mol. The normalized spacial score (nSPS) is 20.4. The van der Waals surface area contributed by atoms with Crippen molar-refractivity contribution in [1.82, 2.24) is 9.88 Å². The Labute approximate surface area is 108 Å². The number of amides is 1. The highest BCUT2D eigenvalue weighted by atomic mass is 79.9. The second kappa shape index (κ2) is 5.01. The molecule has 17 heavy (non-hydrogen) atoms. The molecule has 0 spiro atoms. The van der Waals surface area contributed by atoms with E-state index in [1.165, 1.54) is 0 Å². The van der Waals surface area contributed by atoms with E-state index >= 15 is 0 Å². The van der Waals surface area contributed by atoms with Gasteiger partial charge in [0.2, 0.25) is 0 Å². The maximum absolute atomic E-state index is 12.3. The Kier molecular flexibility index (Phi) is 3.63. The van der Waals surface area contributed by atoms with E-state index in [-0.39, 0.29) is 11.9 Å². The van der Waals surface area contributed by atoms with Crippen molar-refractivity contribution in [1.29, 1.82) is 0 Å². The van der Waals surface area contributed by atoms with Gasteiger partial charge >= 0.3 is 0 Å². The summed E-state index contributed by atoms with van der Waals surface area (Å²) in [6.45, 7) is 3.72. The lowest BCUT2D eigenvalue weighted by atomic mass is 10.2. The summed E-state index contributed by atoms with van der Waals surface area (Å²) in [7, 11) is 0. The first-order valence-corrected chi connectivity index (χ1v) is 6.18. The molecule has 1 aliphatic rings. The van der Waals surface area contributed by atoms with Crippen molar-refractivity contribution in [2.75, 3.05) is 25.5 Å². The fraction of sp³-hybridized carbons (Fsp3) is 0.455. The molecule has 1 fully saturated rings. The summed E-state index contributed by atoms with van der Waals surface area (Å²) in [6.07, 6.45) is 1.55. The lowest BCUT2D eigenvalue weighted by Crippen LogP contribution is -2.47. The fourth-order valence-electron chi connectivity index (χ4n) is 1.80. The molecule has 6 heteroatoms. The molecular weight excluding hydrogens is 286 g/mol. The molecule has 0 saturated carbocycles. The summed E-state index contributed by atoms with van der Waals surface area (Å²) in [6, 6.07) is 1.67. The third-order valence-corrected chi connectivity index (χ3v) is 3.37. The van der Waals surface area contributed by atoms with Crippen molar-refractivity contribution in [2.24, 2.45) is 0 Å². The quantitative estimate of drug-likeness (QED) is 0.848. The molecule has 0 unspecified atom stereocenters. The van der Waals surface area contributed by atoms with Crippen LogP contribution in [-0.2, 0) is 4.74 Å². The molecule has 5 nitrogen and oxygen atoms in total. The average Bonchev–Trinajstić information content (AvgIpc) is 2.32. The number of carbonyl (C=O) groups is 1. The van der Waals surface area contributed by atoms with Crippen LogP contribution in [0.2, 0.25) is 0 Å². The number of aromatic nitrogens is 1. The Balaban J connectivity index is 2.26. The molecule has 0 aromatic carbocycles. The van der Waals surface area contributed by atoms with Crippen LogP contribution in [0.15, 0.2) is 16.7 Å². The van der Waals surface area contributed by atoms with Gasteiger partial charge in [0.05, 0.1) is 24.8 Å². The summed E-state index contributed by atoms with van der Waals surface area (Å²) in [5.74, 6) is 0.305. The summed E-state index contributed by atoms with van der Waals surface area (Å²) in [5, 5.41) is 0. The lowest BCUT2D eigenvalue weighted by molar-refractivity contribution is 0.00354. The number of hydrogen-bond acceptors (Lipinski definition) is 4. The van der Waals surface area contributed by atoms with Crippen LogP contribution in [0.5, 0.6) is 0 Å². The monoisotopic (exact) mass is 299 g/mol. The van der Waals surface area contributed by atoms with Crippen molar-refractivity contribution >= 4 is 27.7 Å². The highest BCUT2D eigenvalue weighted by Gasteiger charge is 2.26. The molecule has 0 bridgehead atoms. The number of nitrogens with two attached hydrogens (primary N) is 1.